The molecule has 0 heterocycles. The van der Waals surface area contributed by atoms with Gasteiger partial charge in [0.15, 0.2) is 0 Å². The number of amides is 1. The van der Waals surface area contributed by atoms with E-state index in [-0.39, 0.29) is 17.5 Å². The zero-order valence-corrected chi connectivity index (χ0v) is 11.5. The molecule has 0 saturated carbocycles. The predicted molar refractivity (Wildman–Crippen MR) is 74.4 cm³/mol. The number of benzene rings is 1. The topological polar surface area (TPSA) is 86.9 Å². The molecule has 0 aliphatic carbocycles. The number of rotatable bonds is 4. The van der Waals surface area contributed by atoms with Crippen molar-refractivity contribution in [1.82, 2.24) is 4.90 Å². The Morgan fingerprint density at radius 3 is 2.26 bits per heavy atom. The largest absolute Gasteiger partial charge is 0.478 e. The molecule has 0 aromatic heterocycles. The highest BCUT2D eigenvalue weighted by Crippen LogP contribution is 2.25. The van der Waals surface area contributed by atoms with Crippen molar-refractivity contribution in [2.24, 2.45) is 0 Å². The molecule has 1 rings (SSSR count). The SMILES string of the molecule is CC(C(=O)N(C)C)N(C)c1ccc(C(=O)O)cc1N. The number of carboxylic acid groups (broad SMARTS) is 1. The zero-order valence-electron chi connectivity index (χ0n) is 11.5. The summed E-state index contributed by atoms with van der Waals surface area (Å²) in [6.07, 6.45) is 0. The van der Waals surface area contributed by atoms with Gasteiger partial charge in [-0.05, 0) is 25.1 Å². The first-order chi connectivity index (χ1) is 8.75. The van der Waals surface area contributed by atoms with Gasteiger partial charge in [-0.25, -0.2) is 4.79 Å². The lowest BCUT2D eigenvalue weighted by atomic mass is 10.1. The Bertz CT molecular complexity index is 500. The van der Waals surface area contributed by atoms with Crippen molar-refractivity contribution in [3.05, 3.63) is 23.8 Å². The second kappa shape index (κ2) is 5.60. The minimum Gasteiger partial charge on any atom is -0.478 e. The van der Waals surface area contributed by atoms with Gasteiger partial charge in [0.05, 0.1) is 16.9 Å². The van der Waals surface area contributed by atoms with E-state index in [1.807, 2.05) is 0 Å². The Morgan fingerprint density at radius 2 is 1.84 bits per heavy atom. The fourth-order valence-corrected chi connectivity index (χ4v) is 1.76. The van der Waals surface area contributed by atoms with Gasteiger partial charge in [0.25, 0.3) is 0 Å². The van der Waals surface area contributed by atoms with E-state index in [9.17, 15) is 9.59 Å². The van der Waals surface area contributed by atoms with Crippen molar-refractivity contribution < 1.29 is 14.7 Å². The third-order valence-corrected chi connectivity index (χ3v) is 3.03. The Morgan fingerprint density at radius 1 is 1.26 bits per heavy atom. The lowest BCUT2D eigenvalue weighted by Gasteiger charge is -2.29. The van der Waals surface area contributed by atoms with Gasteiger partial charge in [0.1, 0.15) is 6.04 Å². The van der Waals surface area contributed by atoms with Crippen LogP contribution in [0.2, 0.25) is 0 Å². The molecule has 1 amide bonds. The van der Waals surface area contributed by atoms with E-state index in [0.29, 0.717) is 11.4 Å². The molecular weight excluding hydrogens is 246 g/mol. The van der Waals surface area contributed by atoms with Crippen LogP contribution in [0.25, 0.3) is 0 Å². The van der Waals surface area contributed by atoms with Crippen LogP contribution in [0.1, 0.15) is 17.3 Å². The van der Waals surface area contributed by atoms with Crippen molar-refractivity contribution in [2.45, 2.75) is 13.0 Å². The molecule has 19 heavy (non-hydrogen) atoms. The number of likely N-dealkylation sites (N-methyl/N-ethyl adjacent to an activating group) is 2. The van der Waals surface area contributed by atoms with Gasteiger partial charge >= 0.3 is 5.97 Å². The average Bonchev–Trinajstić information content (AvgIpc) is 2.35. The van der Waals surface area contributed by atoms with E-state index in [2.05, 4.69) is 0 Å². The molecular formula is C13H19N3O3. The van der Waals surface area contributed by atoms with Crippen molar-refractivity contribution in [2.75, 3.05) is 31.8 Å². The molecule has 104 valence electrons. The Labute approximate surface area is 112 Å². The molecule has 0 aliphatic rings. The van der Waals surface area contributed by atoms with Gasteiger partial charge in [0, 0.05) is 21.1 Å². The molecule has 0 bridgehead atoms. The number of hydrogen-bond donors (Lipinski definition) is 2. The summed E-state index contributed by atoms with van der Waals surface area (Å²) in [5.74, 6) is -1.08. The monoisotopic (exact) mass is 265 g/mol. The number of nitrogen functional groups attached to an aromatic ring is 1. The van der Waals surface area contributed by atoms with E-state index >= 15 is 0 Å². The second-order valence-corrected chi connectivity index (χ2v) is 4.60. The smallest absolute Gasteiger partial charge is 0.335 e. The quantitative estimate of drug-likeness (QED) is 0.789. The van der Waals surface area contributed by atoms with E-state index in [1.165, 1.54) is 17.0 Å². The summed E-state index contributed by atoms with van der Waals surface area (Å²) in [6, 6.07) is 4.09. The number of anilines is 2. The van der Waals surface area contributed by atoms with Crippen LogP contribution in [0, 0.1) is 0 Å². The maximum absolute atomic E-state index is 11.9. The van der Waals surface area contributed by atoms with Crippen LogP contribution in [0.5, 0.6) is 0 Å². The van der Waals surface area contributed by atoms with Crippen LogP contribution in [-0.4, -0.2) is 49.1 Å². The van der Waals surface area contributed by atoms with Crippen LogP contribution in [-0.2, 0) is 4.79 Å². The fourth-order valence-electron chi connectivity index (χ4n) is 1.76. The normalized spacial score (nSPS) is 11.8. The minimum absolute atomic E-state index is 0.0517. The molecule has 0 fully saturated rings. The number of carboxylic acids is 1. The van der Waals surface area contributed by atoms with Crippen molar-refractivity contribution >= 4 is 23.3 Å². The second-order valence-electron chi connectivity index (χ2n) is 4.60. The van der Waals surface area contributed by atoms with Gasteiger partial charge in [-0.3, -0.25) is 4.79 Å². The van der Waals surface area contributed by atoms with Crippen molar-refractivity contribution in [3.8, 4) is 0 Å². The predicted octanol–water partition coefficient (Wildman–Crippen LogP) is 0.880. The molecule has 0 radical (unpaired) electrons. The standard InChI is InChI=1S/C13H19N3O3/c1-8(12(17)15(2)3)16(4)11-6-5-9(13(18)19)7-10(11)14/h5-8H,14H2,1-4H3,(H,18,19). The number of carbonyl (C=O) groups excluding carboxylic acids is 1. The summed E-state index contributed by atoms with van der Waals surface area (Å²) in [5.41, 5.74) is 6.94. The van der Waals surface area contributed by atoms with Crippen LogP contribution >= 0.6 is 0 Å². The summed E-state index contributed by atoms with van der Waals surface area (Å²) in [7, 11) is 5.12. The van der Waals surface area contributed by atoms with E-state index in [0.717, 1.165) is 0 Å². The summed E-state index contributed by atoms with van der Waals surface area (Å²) in [5, 5.41) is 8.88. The van der Waals surface area contributed by atoms with Crippen molar-refractivity contribution in [3.63, 3.8) is 0 Å². The van der Waals surface area contributed by atoms with Gasteiger partial charge in [0.2, 0.25) is 5.91 Å². The average molecular weight is 265 g/mol. The highest BCUT2D eigenvalue weighted by Gasteiger charge is 2.21. The first kappa shape index (κ1) is 14.8. The Kier molecular flexibility index (Phi) is 4.37. The number of carbonyl (C=O) groups is 2. The molecule has 0 aliphatic heterocycles. The summed E-state index contributed by atoms with van der Waals surface area (Å²) >= 11 is 0. The maximum Gasteiger partial charge on any atom is 0.335 e. The first-order valence-corrected chi connectivity index (χ1v) is 5.82. The van der Waals surface area contributed by atoms with Crippen LogP contribution in [0.3, 0.4) is 0 Å². The maximum atomic E-state index is 11.9. The van der Waals surface area contributed by atoms with Gasteiger partial charge < -0.3 is 20.6 Å². The highest BCUT2D eigenvalue weighted by molar-refractivity contribution is 5.91. The fraction of sp³-hybridized carbons (Fsp3) is 0.385. The minimum atomic E-state index is -1.03. The van der Waals surface area contributed by atoms with E-state index in [1.54, 1.807) is 39.0 Å². The summed E-state index contributed by atoms with van der Waals surface area (Å²) in [6.45, 7) is 1.77. The van der Waals surface area contributed by atoms with E-state index in [4.69, 9.17) is 10.8 Å². The highest BCUT2D eigenvalue weighted by atomic mass is 16.4. The van der Waals surface area contributed by atoms with Gasteiger partial charge in [-0.15, -0.1) is 0 Å². The molecule has 0 spiro atoms. The number of hydrogen-bond acceptors (Lipinski definition) is 4. The molecule has 1 aromatic carbocycles. The lowest BCUT2D eigenvalue weighted by Crippen LogP contribution is -2.43. The number of nitrogens with two attached hydrogens (primary N) is 1. The van der Waals surface area contributed by atoms with Gasteiger partial charge in [-0.2, -0.15) is 0 Å². The van der Waals surface area contributed by atoms with E-state index < -0.39 is 5.97 Å². The Hall–Kier alpha value is -2.24. The molecule has 3 N–H and O–H groups in total. The number of aromatic carboxylic acids is 1. The van der Waals surface area contributed by atoms with Crippen molar-refractivity contribution in [1.29, 1.82) is 0 Å². The van der Waals surface area contributed by atoms with Crippen LogP contribution < -0.4 is 10.6 Å². The molecule has 1 unspecified atom stereocenters. The van der Waals surface area contributed by atoms with Crippen LogP contribution in [0.15, 0.2) is 18.2 Å². The third-order valence-electron chi connectivity index (χ3n) is 3.03. The Balaban J connectivity index is 3.03. The molecule has 6 nitrogen and oxygen atoms in total. The summed E-state index contributed by atoms with van der Waals surface area (Å²) in [4.78, 5) is 26.0. The zero-order chi connectivity index (χ0) is 14.7. The lowest BCUT2D eigenvalue weighted by molar-refractivity contribution is -0.129. The first-order valence-electron chi connectivity index (χ1n) is 5.82. The van der Waals surface area contributed by atoms with Gasteiger partial charge in [-0.1, -0.05) is 0 Å². The number of nitrogens with zero attached hydrogens (tertiary/aromatic N) is 2. The third kappa shape index (κ3) is 3.15. The molecule has 1 aromatic rings. The molecule has 0 saturated heterocycles. The summed E-state index contributed by atoms with van der Waals surface area (Å²) < 4.78 is 0. The molecule has 1 atom stereocenters. The van der Waals surface area contributed by atoms with Crippen LogP contribution in [0.4, 0.5) is 11.4 Å². The molecule has 6 heteroatoms.